The van der Waals surface area contributed by atoms with Gasteiger partial charge in [0.25, 0.3) is 5.91 Å². The normalized spacial score (nSPS) is 12.7. The van der Waals surface area contributed by atoms with Crippen LogP contribution in [0.1, 0.15) is 29.1 Å². The number of rotatable bonds is 5. The van der Waals surface area contributed by atoms with Crippen molar-refractivity contribution < 1.29 is 17.6 Å². The van der Waals surface area contributed by atoms with Crippen molar-refractivity contribution in [3.05, 3.63) is 65.9 Å². The lowest BCUT2D eigenvalue weighted by atomic mass is 10.1. The van der Waals surface area contributed by atoms with Crippen molar-refractivity contribution in [3.8, 4) is 0 Å². The van der Waals surface area contributed by atoms with Crippen LogP contribution in [0, 0.1) is 0 Å². The molecular formula is C18H18N2O4S. The second kappa shape index (κ2) is 6.60. The zero-order valence-electron chi connectivity index (χ0n) is 13.8. The first-order chi connectivity index (χ1) is 11.8. The van der Waals surface area contributed by atoms with Crippen LogP contribution in [0.2, 0.25) is 0 Å². The van der Waals surface area contributed by atoms with Gasteiger partial charge >= 0.3 is 0 Å². The maximum absolute atomic E-state index is 12.4. The molecule has 7 heteroatoms. The van der Waals surface area contributed by atoms with E-state index in [9.17, 15) is 13.2 Å². The summed E-state index contributed by atoms with van der Waals surface area (Å²) in [5.41, 5.74) is 1.99. The average Bonchev–Trinajstić information content (AvgIpc) is 2.98. The molecule has 0 fully saturated rings. The van der Waals surface area contributed by atoms with Gasteiger partial charge in [-0.3, -0.25) is 9.52 Å². The number of carbonyl (C=O) groups is 1. The van der Waals surface area contributed by atoms with Crippen LogP contribution in [0.5, 0.6) is 0 Å². The summed E-state index contributed by atoms with van der Waals surface area (Å²) in [5.74, 6) is -0.0505. The van der Waals surface area contributed by atoms with Crippen LogP contribution < -0.4 is 10.0 Å². The molecule has 25 heavy (non-hydrogen) atoms. The Morgan fingerprint density at radius 3 is 2.40 bits per heavy atom. The molecule has 6 nitrogen and oxygen atoms in total. The number of amides is 1. The van der Waals surface area contributed by atoms with E-state index in [2.05, 4.69) is 10.0 Å². The summed E-state index contributed by atoms with van der Waals surface area (Å²) >= 11 is 0. The van der Waals surface area contributed by atoms with Crippen LogP contribution in [0.3, 0.4) is 0 Å². The first-order valence-corrected chi connectivity index (χ1v) is 9.58. The molecule has 0 saturated carbocycles. The molecular weight excluding hydrogens is 340 g/mol. The van der Waals surface area contributed by atoms with Gasteiger partial charge in [0.2, 0.25) is 10.0 Å². The number of hydrogen-bond acceptors (Lipinski definition) is 4. The van der Waals surface area contributed by atoms with Gasteiger partial charge in [-0.25, -0.2) is 8.42 Å². The summed E-state index contributed by atoms with van der Waals surface area (Å²) in [4.78, 5) is 12.4. The minimum absolute atomic E-state index is 0.253. The molecule has 0 unspecified atom stereocenters. The maximum Gasteiger partial charge on any atom is 0.287 e. The number of benzene rings is 2. The van der Waals surface area contributed by atoms with Gasteiger partial charge in [-0.1, -0.05) is 30.3 Å². The van der Waals surface area contributed by atoms with Gasteiger partial charge in [0.1, 0.15) is 5.58 Å². The number of furan rings is 1. The number of carbonyl (C=O) groups excluding carboxylic acids is 1. The van der Waals surface area contributed by atoms with Gasteiger partial charge in [-0.05, 0) is 36.8 Å². The minimum atomic E-state index is -3.31. The van der Waals surface area contributed by atoms with Gasteiger partial charge in [0.05, 0.1) is 12.3 Å². The third-order valence-electron chi connectivity index (χ3n) is 3.71. The number of para-hydroxylation sites is 1. The Kier molecular flexibility index (Phi) is 4.50. The predicted octanol–water partition coefficient (Wildman–Crippen LogP) is 3.30. The van der Waals surface area contributed by atoms with Gasteiger partial charge in [-0.15, -0.1) is 0 Å². The van der Waals surface area contributed by atoms with Crippen molar-refractivity contribution in [1.29, 1.82) is 0 Å². The van der Waals surface area contributed by atoms with E-state index in [0.29, 0.717) is 11.3 Å². The fourth-order valence-corrected chi connectivity index (χ4v) is 3.06. The molecule has 0 saturated heterocycles. The fraction of sp³-hybridized carbons (Fsp3) is 0.167. The Bertz CT molecular complexity index is 974. The molecule has 0 radical (unpaired) electrons. The largest absolute Gasteiger partial charge is 0.451 e. The Balaban J connectivity index is 1.70. The molecule has 2 aromatic carbocycles. The third kappa shape index (κ3) is 4.19. The van der Waals surface area contributed by atoms with Crippen LogP contribution in [0.4, 0.5) is 5.69 Å². The topological polar surface area (TPSA) is 88.4 Å². The summed E-state index contributed by atoms with van der Waals surface area (Å²) in [5, 5.41) is 3.74. The summed E-state index contributed by atoms with van der Waals surface area (Å²) in [6.45, 7) is 1.85. The van der Waals surface area contributed by atoms with Crippen molar-refractivity contribution in [1.82, 2.24) is 5.32 Å². The molecule has 1 aromatic heterocycles. The van der Waals surface area contributed by atoms with Crippen molar-refractivity contribution in [2.75, 3.05) is 11.0 Å². The summed E-state index contributed by atoms with van der Waals surface area (Å²) < 4.78 is 30.4. The van der Waals surface area contributed by atoms with Gasteiger partial charge in [0, 0.05) is 11.1 Å². The molecule has 0 aliphatic heterocycles. The van der Waals surface area contributed by atoms with E-state index in [1.54, 1.807) is 30.3 Å². The molecule has 0 spiro atoms. The van der Waals surface area contributed by atoms with Crippen LogP contribution in [0.15, 0.2) is 59.0 Å². The molecule has 0 bridgehead atoms. The molecule has 130 valence electrons. The van der Waals surface area contributed by atoms with Crippen LogP contribution in [-0.4, -0.2) is 20.6 Å². The number of fused-ring (bicyclic) bond motifs is 1. The highest BCUT2D eigenvalue weighted by atomic mass is 32.2. The first-order valence-electron chi connectivity index (χ1n) is 7.69. The monoisotopic (exact) mass is 358 g/mol. The van der Waals surface area contributed by atoms with E-state index >= 15 is 0 Å². The Morgan fingerprint density at radius 1 is 1.08 bits per heavy atom. The molecule has 1 heterocycles. The van der Waals surface area contributed by atoms with Crippen molar-refractivity contribution in [2.24, 2.45) is 0 Å². The number of anilines is 1. The van der Waals surface area contributed by atoms with Gasteiger partial charge < -0.3 is 9.73 Å². The highest BCUT2D eigenvalue weighted by molar-refractivity contribution is 7.92. The SMILES string of the molecule is C[C@H](NC(=O)c1cc2ccccc2o1)c1ccc(NS(C)(=O)=O)cc1. The van der Waals surface area contributed by atoms with Crippen molar-refractivity contribution in [2.45, 2.75) is 13.0 Å². The van der Waals surface area contributed by atoms with E-state index in [1.807, 2.05) is 31.2 Å². The Morgan fingerprint density at radius 2 is 1.76 bits per heavy atom. The van der Waals surface area contributed by atoms with E-state index in [4.69, 9.17) is 4.42 Å². The van der Waals surface area contributed by atoms with Crippen LogP contribution in [-0.2, 0) is 10.0 Å². The fourth-order valence-electron chi connectivity index (χ4n) is 2.50. The summed E-state index contributed by atoms with van der Waals surface area (Å²) in [6, 6.07) is 15.7. The Labute approximate surface area is 145 Å². The number of nitrogens with one attached hydrogen (secondary N) is 2. The van der Waals surface area contributed by atoms with Gasteiger partial charge in [-0.2, -0.15) is 0 Å². The third-order valence-corrected chi connectivity index (χ3v) is 4.32. The number of sulfonamides is 1. The van der Waals surface area contributed by atoms with E-state index in [1.165, 1.54) is 0 Å². The molecule has 1 atom stereocenters. The zero-order valence-corrected chi connectivity index (χ0v) is 14.6. The lowest BCUT2D eigenvalue weighted by molar-refractivity contribution is 0.0914. The molecule has 0 aliphatic carbocycles. The molecule has 2 N–H and O–H groups in total. The Hall–Kier alpha value is -2.80. The quantitative estimate of drug-likeness (QED) is 0.732. The maximum atomic E-state index is 12.4. The molecule has 0 aliphatic rings. The molecule has 3 rings (SSSR count). The highest BCUT2D eigenvalue weighted by Crippen LogP contribution is 2.21. The van der Waals surface area contributed by atoms with E-state index < -0.39 is 10.0 Å². The second-order valence-electron chi connectivity index (χ2n) is 5.84. The lowest BCUT2D eigenvalue weighted by Gasteiger charge is -2.14. The van der Waals surface area contributed by atoms with E-state index in [0.717, 1.165) is 17.2 Å². The van der Waals surface area contributed by atoms with Gasteiger partial charge in [0.15, 0.2) is 5.76 Å². The van der Waals surface area contributed by atoms with Crippen LogP contribution >= 0.6 is 0 Å². The first kappa shape index (κ1) is 17.0. The molecule has 3 aromatic rings. The standard InChI is InChI=1S/C18H18N2O4S/c1-12(13-7-9-15(10-8-13)20-25(2,22)23)19-18(21)17-11-14-5-3-4-6-16(14)24-17/h3-12,20H,1-2H3,(H,19,21)/t12-/m0/s1. The number of hydrogen-bond donors (Lipinski definition) is 2. The summed E-state index contributed by atoms with van der Waals surface area (Å²) in [6.07, 6.45) is 1.09. The van der Waals surface area contributed by atoms with Crippen LogP contribution in [0.25, 0.3) is 11.0 Å². The second-order valence-corrected chi connectivity index (χ2v) is 7.59. The van der Waals surface area contributed by atoms with Crippen molar-refractivity contribution in [3.63, 3.8) is 0 Å². The lowest BCUT2D eigenvalue weighted by Crippen LogP contribution is -2.26. The predicted molar refractivity (Wildman–Crippen MR) is 97.0 cm³/mol. The van der Waals surface area contributed by atoms with E-state index in [-0.39, 0.29) is 17.7 Å². The minimum Gasteiger partial charge on any atom is -0.451 e. The zero-order chi connectivity index (χ0) is 18.0. The highest BCUT2D eigenvalue weighted by Gasteiger charge is 2.15. The molecule has 1 amide bonds. The average molecular weight is 358 g/mol. The van der Waals surface area contributed by atoms with Crippen molar-refractivity contribution >= 4 is 32.6 Å². The summed E-state index contributed by atoms with van der Waals surface area (Å²) in [7, 11) is -3.31. The smallest absolute Gasteiger partial charge is 0.287 e.